The Bertz CT molecular complexity index is 730. The standard InChI is InChI=1S/C21H27NO4/c1-15(13-16-9-10-19(25-3)20(14-16)26-4)21(23)22-12-11-17-7-5-6-8-18(17)24-2/h5-10,14-15H,11-13H2,1-4H3,(H,22,23). The molecule has 0 aliphatic rings. The minimum Gasteiger partial charge on any atom is -0.496 e. The summed E-state index contributed by atoms with van der Waals surface area (Å²) in [4.78, 5) is 12.4. The fourth-order valence-corrected chi connectivity index (χ4v) is 2.86. The highest BCUT2D eigenvalue weighted by molar-refractivity contribution is 5.78. The van der Waals surface area contributed by atoms with Crippen molar-refractivity contribution in [1.82, 2.24) is 5.32 Å². The first kappa shape index (κ1) is 19.6. The van der Waals surface area contributed by atoms with E-state index in [1.807, 2.05) is 49.4 Å². The number of carbonyl (C=O) groups excluding carboxylic acids is 1. The molecule has 1 atom stereocenters. The highest BCUT2D eigenvalue weighted by Crippen LogP contribution is 2.28. The predicted molar refractivity (Wildman–Crippen MR) is 102 cm³/mol. The average molecular weight is 357 g/mol. The van der Waals surface area contributed by atoms with E-state index in [9.17, 15) is 4.79 Å². The van der Waals surface area contributed by atoms with Gasteiger partial charge in [-0.2, -0.15) is 0 Å². The Hall–Kier alpha value is -2.69. The summed E-state index contributed by atoms with van der Waals surface area (Å²) >= 11 is 0. The van der Waals surface area contributed by atoms with Crippen molar-refractivity contribution in [1.29, 1.82) is 0 Å². The van der Waals surface area contributed by atoms with Crippen LogP contribution in [0.2, 0.25) is 0 Å². The van der Waals surface area contributed by atoms with Crippen LogP contribution in [-0.2, 0) is 17.6 Å². The summed E-state index contributed by atoms with van der Waals surface area (Å²) < 4.78 is 15.9. The van der Waals surface area contributed by atoms with Gasteiger partial charge in [0.1, 0.15) is 5.75 Å². The third kappa shape index (κ3) is 5.15. The van der Waals surface area contributed by atoms with Crippen LogP contribution in [0.3, 0.4) is 0 Å². The third-order valence-electron chi connectivity index (χ3n) is 4.32. The van der Waals surface area contributed by atoms with E-state index in [-0.39, 0.29) is 11.8 Å². The molecule has 0 aliphatic heterocycles. The van der Waals surface area contributed by atoms with Gasteiger partial charge in [0.05, 0.1) is 21.3 Å². The van der Waals surface area contributed by atoms with Gasteiger partial charge in [-0.15, -0.1) is 0 Å². The lowest BCUT2D eigenvalue weighted by Crippen LogP contribution is -2.31. The summed E-state index contributed by atoms with van der Waals surface area (Å²) in [6.45, 7) is 2.50. The smallest absolute Gasteiger partial charge is 0.223 e. The Kier molecular flexibility index (Phi) is 7.33. The Morgan fingerprint density at radius 1 is 0.962 bits per heavy atom. The predicted octanol–water partition coefficient (Wildman–Crippen LogP) is 3.25. The number of hydrogen-bond donors (Lipinski definition) is 1. The van der Waals surface area contributed by atoms with Crippen LogP contribution in [0.4, 0.5) is 0 Å². The van der Waals surface area contributed by atoms with E-state index in [2.05, 4.69) is 5.32 Å². The molecule has 0 radical (unpaired) electrons. The van der Waals surface area contributed by atoms with Crippen molar-refractivity contribution >= 4 is 5.91 Å². The van der Waals surface area contributed by atoms with Crippen LogP contribution in [0, 0.1) is 5.92 Å². The quantitative estimate of drug-likeness (QED) is 0.748. The lowest BCUT2D eigenvalue weighted by Gasteiger charge is -2.14. The van der Waals surface area contributed by atoms with Gasteiger partial charge in [0.25, 0.3) is 0 Å². The Balaban J connectivity index is 1.87. The van der Waals surface area contributed by atoms with Crippen molar-refractivity contribution in [3.05, 3.63) is 53.6 Å². The van der Waals surface area contributed by atoms with Crippen molar-refractivity contribution in [2.24, 2.45) is 5.92 Å². The molecule has 26 heavy (non-hydrogen) atoms. The Morgan fingerprint density at radius 2 is 1.65 bits per heavy atom. The number of methoxy groups -OCH3 is 3. The Labute approximate surface area is 155 Å². The normalized spacial score (nSPS) is 11.5. The maximum Gasteiger partial charge on any atom is 0.223 e. The van der Waals surface area contributed by atoms with Gasteiger partial charge in [0.2, 0.25) is 5.91 Å². The first-order valence-electron chi connectivity index (χ1n) is 8.69. The second-order valence-electron chi connectivity index (χ2n) is 6.15. The van der Waals surface area contributed by atoms with Crippen LogP contribution >= 0.6 is 0 Å². The van der Waals surface area contributed by atoms with Crippen LogP contribution in [0.1, 0.15) is 18.1 Å². The molecular formula is C21H27NO4. The summed E-state index contributed by atoms with van der Waals surface area (Å²) in [6.07, 6.45) is 1.37. The van der Waals surface area contributed by atoms with Crippen LogP contribution < -0.4 is 19.5 Å². The molecule has 1 amide bonds. The first-order valence-corrected chi connectivity index (χ1v) is 8.69. The highest BCUT2D eigenvalue weighted by Gasteiger charge is 2.15. The number of carbonyl (C=O) groups is 1. The molecule has 5 heteroatoms. The first-order chi connectivity index (χ1) is 12.6. The van der Waals surface area contributed by atoms with Crippen molar-refractivity contribution < 1.29 is 19.0 Å². The molecular weight excluding hydrogens is 330 g/mol. The van der Waals surface area contributed by atoms with E-state index in [1.54, 1.807) is 21.3 Å². The number of para-hydroxylation sites is 1. The minimum atomic E-state index is -0.134. The molecule has 0 bridgehead atoms. The molecule has 2 aromatic rings. The summed E-state index contributed by atoms with van der Waals surface area (Å²) in [5, 5.41) is 3.00. The van der Waals surface area contributed by atoms with Gasteiger partial charge in [-0.3, -0.25) is 4.79 Å². The van der Waals surface area contributed by atoms with Gasteiger partial charge in [-0.25, -0.2) is 0 Å². The number of nitrogens with one attached hydrogen (secondary N) is 1. The molecule has 0 aromatic heterocycles. The maximum absolute atomic E-state index is 12.4. The van der Waals surface area contributed by atoms with Crippen molar-refractivity contribution in [3.63, 3.8) is 0 Å². The maximum atomic E-state index is 12.4. The zero-order valence-corrected chi connectivity index (χ0v) is 15.9. The van der Waals surface area contributed by atoms with E-state index in [0.717, 1.165) is 23.3 Å². The van der Waals surface area contributed by atoms with Crippen molar-refractivity contribution in [2.45, 2.75) is 19.8 Å². The second kappa shape index (κ2) is 9.70. The monoisotopic (exact) mass is 357 g/mol. The molecule has 0 aliphatic carbocycles. The van der Waals surface area contributed by atoms with E-state index in [0.29, 0.717) is 24.5 Å². The topological polar surface area (TPSA) is 56.8 Å². The van der Waals surface area contributed by atoms with Gasteiger partial charge >= 0.3 is 0 Å². The summed E-state index contributed by atoms with van der Waals surface area (Å²) in [5.74, 6) is 2.11. The van der Waals surface area contributed by atoms with Crippen molar-refractivity contribution in [3.8, 4) is 17.2 Å². The van der Waals surface area contributed by atoms with Gasteiger partial charge in [-0.05, 0) is 42.2 Å². The van der Waals surface area contributed by atoms with E-state index >= 15 is 0 Å². The number of rotatable bonds is 9. The molecule has 2 rings (SSSR count). The lowest BCUT2D eigenvalue weighted by molar-refractivity contribution is -0.124. The van der Waals surface area contributed by atoms with Crippen LogP contribution in [0.25, 0.3) is 0 Å². The highest BCUT2D eigenvalue weighted by atomic mass is 16.5. The Morgan fingerprint density at radius 3 is 2.35 bits per heavy atom. The van der Waals surface area contributed by atoms with E-state index in [4.69, 9.17) is 14.2 Å². The molecule has 0 fully saturated rings. The number of amides is 1. The minimum absolute atomic E-state index is 0.0367. The summed E-state index contributed by atoms with van der Waals surface area (Å²) in [5.41, 5.74) is 2.12. The molecule has 0 saturated carbocycles. The molecule has 1 unspecified atom stereocenters. The van der Waals surface area contributed by atoms with Gasteiger partial charge < -0.3 is 19.5 Å². The van der Waals surface area contributed by atoms with E-state index in [1.165, 1.54) is 0 Å². The fourth-order valence-electron chi connectivity index (χ4n) is 2.86. The summed E-state index contributed by atoms with van der Waals surface area (Å²) in [7, 11) is 4.87. The molecule has 2 aromatic carbocycles. The number of hydrogen-bond acceptors (Lipinski definition) is 4. The van der Waals surface area contributed by atoms with Crippen LogP contribution in [-0.4, -0.2) is 33.8 Å². The van der Waals surface area contributed by atoms with Crippen molar-refractivity contribution in [2.75, 3.05) is 27.9 Å². The van der Waals surface area contributed by atoms with E-state index < -0.39 is 0 Å². The zero-order valence-electron chi connectivity index (χ0n) is 15.9. The number of ether oxygens (including phenoxy) is 3. The zero-order chi connectivity index (χ0) is 18.9. The molecule has 5 nitrogen and oxygen atoms in total. The van der Waals surface area contributed by atoms with Gasteiger partial charge in [0, 0.05) is 12.5 Å². The third-order valence-corrected chi connectivity index (χ3v) is 4.32. The molecule has 0 saturated heterocycles. The molecule has 0 spiro atoms. The lowest BCUT2D eigenvalue weighted by atomic mass is 10.00. The van der Waals surface area contributed by atoms with Gasteiger partial charge in [0.15, 0.2) is 11.5 Å². The summed E-state index contributed by atoms with van der Waals surface area (Å²) in [6, 6.07) is 13.6. The second-order valence-corrected chi connectivity index (χ2v) is 6.15. The SMILES string of the molecule is COc1ccccc1CCNC(=O)C(C)Cc1ccc(OC)c(OC)c1. The molecule has 0 heterocycles. The van der Waals surface area contributed by atoms with Crippen LogP contribution in [0.5, 0.6) is 17.2 Å². The largest absolute Gasteiger partial charge is 0.496 e. The average Bonchev–Trinajstić information content (AvgIpc) is 2.68. The number of benzene rings is 2. The van der Waals surface area contributed by atoms with Crippen LogP contribution in [0.15, 0.2) is 42.5 Å². The fraction of sp³-hybridized carbons (Fsp3) is 0.381. The molecule has 1 N–H and O–H groups in total. The van der Waals surface area contributed by atoms with Gasteiger partial charge in [-0.1, -0.05) is 31.2 Å². The molecule has 140 valence electrons.